The van der Waals surface area contributed by atoms with E-state index in [1.807, 2.05) is 6.92 Å². The molecule has 0 aromatic heterocycles. The minimum atomic E-state index is -0.0886. The van der Waals surface area contributed by atoms with Crippen molar-refractivity contribution in [1.82, 2.24) is 0 Å². The smallest absolute Gasteiger partial charge is 0.311 e. The predicted molar refractivity (Wildman–Crippen MR) is 51.8 cm³/mol. The zero-order chi connectivity index (χ0) is 10.1. The fourth-order valence-corrected chi connectivity index (χ4v) is 2.29. The summed E-state index contributed by atoms with van der Waals surface area (Å²) in [6, 6.07) is 0. The van der Waals surface area contributed by atoms with Gasteiger partial charge in [0.05, 0.1) is 18.1 Å². The number of cyclic esters (lactones) is 1. The molecule has 0 amide bonds. The molecule has 2 heterocycles. The lowest BCUT2D eigenvalue weighted by Crippen LogP contribution is -2.35. The van der Waals surface area contributed by atoms with E-state index in [2.05, 4.69) is 6.92 Å². The average molecular weight is 198 g/mol. The van der Waals surface area contributed by atoms with Crippen LogP contribution >= 0.6 is 0 Å². The standard InChI is InChI=1S/C11H18O3/c1-3-8-6-9-4-5-10(13-9)7(2)11(12)14-8/h7-10H,3-6H2,1-2H3. The van der Waals surface area contributed by atoms with Gasteiger partial charge in [0.25, 0.3) is 0 Å². The van der Waals surface area contributed by atoms with E-state index in [0.717, 1.165) is 25.7 Å². The minimum Gasteiger partial charge on any atom is -0.462 e. The van der Waals surface area contributed by atoms with Crippen LogP contribution in [0.5, 0.6) is 0 Å². The first-order valence-electron chi connectivity index (χ1n) is 5.56. The lowest BCUT2D eigenvalue weighted by atomic mass is 10.0. The Hall–Kier alpha value is -0.570. The zero-order valence-electron chi connectivity index (χ0n) is 8.86. The van der Waals surface area contributed by atoms with Crippen LogP contribution in [0, 0.1) is 5.92 Å². The molecule has 0 spiro atoms. The third kappa shape index (κ3) is 1.78. The maximum absolute atomic E-state index is 11.6. The Morgan fingerprint density at radius 1 is 1.43 bits per heavy atom. The van der Waals surface area contributed by atoms with Gasteiger partial charge >= 0.3 is 5.97 Å². The Kier molecular flexibility index (Phi) is 2.77. The molecule has 0 N–H and O–H groups in total. The van der Waals surface area contributed by atoms with Gasteiger partial charge in [-0.3, -0.25) is 4.79 Å². The third-order valence-electron chi connectivity index (χ3n) is 3.33. The lowest BCUT2D eigenvalue weighted by molar-refractivity contribution is -0.166. The minimum absolute atomic E-state index is 0.0639. The van der Waals surface area contributed by atoms with Crippen molar-refractivity contribution >= 4 is 5.97 Å². The number of carbonyl (C=O) groups excluding carboxylic acids is 1. The normalized spacial score (nSPS) is 42.9. The Morgan fingerprint density at radius 2 is 2.21 bits per heavy atom. The number of ether oxygens (including phenoxy) is 2. The molecular weight excluding hydrogens is 180 g/mol. The van der Waals surface area contributed by atoms with Gasteiger partial charge < -0.3 is 9.47 Å². The van der Waals surface area contributed by atoms with Crippen LogP contribution in [0.15, 0.2) is 0 Å². The van der Waals surface area contributed by atoms with Crippen molar-refractivity contribution < 1.29 is 14.3 Å². The highest BCUT2D eigenvalue weighted by atomic mass is 16.6. The van der Waals surface area contributed by atoms with Crippen LogP contribution in [-0.4, -0.2) is 24.3 Å². The SMILES string of the molecule is CCC1CC2CCC(O2)C(C)C(=O)O1. The molecular formula is C11H18O3. The summed E-state index contributed by atoms with van der Waals surface area (Å²) in [5, 5.41) is 0. The first-order chi connectivity index (χ1) is 6.70. The Morgan fingerprint density at radius 3 is 2.93 bits per heavy atom. The van der Waals surface area contributed by atoms with E-state index in [-0.39, 0.29) is 24.1 Å². The molecule has 2 saturated heterocycles. The molecule has 2 fully saturated rings. The van der Waals surface area contributed by atoms with Crippen LogP contribution in [0.4, 0.5) is 0 Å². The molecule has 3 heteroatoms. The summed E-state index contributed by atoms with van der Waals surface area (Å²) in [7, 11) is 0. The van der Waals surface area contributed by atoms with Crippen molar-refractivity contribution in [2.24, 2.45) is 5.92 Å². The van der Waals surface area contributed by atoms with Crippen molar-refractivity contribution in [1.29, 1.82) is 0 Å². The Balaban J connectivity index is 2.09. The number of hydrogen-bond acceptors (Lipinski definition) is 3. The van der Waals surface area contributed by atoms with Crippen LogP contribution in [0.3, 0.4) is 0 Å². The van der Waals surface area contributed by atoms with E-state index in [4.69, 9.17) is 9.47 Å². The Bertz CT molecular complexity index is 227. The summed E-state index contributed by atoms with van der Waals surface area (Å²) in [6.45, 7) is 3.96. The van der Waals surface area contributed by atoms with Gasteiger partial charge in [0, 0.05) is 6.42 Å². The highest BCUT2D eigenvalue weighted by Crippen LogP contribution is 2.32. The molecule has 3 nitrogen and oxygen atoms in total. The van der Waals surface area contributed by atoms with Gasteiger partial charge in [0.15, 0.2) is 0 Å². The molecule has 14 heavy (non-hydrogen) atoms. The van der Waals surface area contributed by atoms with Crippen molar-refractivity contribution in [2.45, 2.75) is 57.8 Å². The van der Waals surface area contributed by atoms with Crippen molar-refractivity contribution in [2.75, 3.05) is 0 Å². The van der Waals surface area contributed by atoms with Crippen molar-refractivity contribution in [3.05, 3.63) is 0 Å². The van der Waals surface area contributed by atoms with Crippen molar-refractivity contribution in [3.8, 4) is 0 Å². The van der Waals surface area contributed by atoms with E-state index < -0.39 is 0 Å². The summed E-state index contributed by atoms with van der Waals surface area (Å²) in [5.74, 6) is -0.170. The quantitative estimate of drug-likeness (QED) is 0.604. The Labute approximate surface area is 84.8 Å². The number of rotatable bonds is 1. The molecule has 4 unspecified atom stereocenters. The average Bonchev–Trinajstić information content (AvgIpc) is 2.63. The molecule has 0 aromatic rings. The molecule has 2 aliphatic heterocycles. The molecule has 2 rings (SSSR count). The topological polar surface area (TPSA) is 35.5 Å². The first-order valence-corrected chi connectivity index (χ1v) is 5.56. The number of hydrogen-bond donors (Lipinski definition) is 0. The molecule has 0 aliphatic carbocycles. The number of esters is 1. The molecule has 80 valence electrons. The fourth-order valence-electron chi connectivity index (χ4n) is 2.29. The van der Waals surface area contributed by atoms with Crippen LogP contribution in [0.25, 0.3) is 0 Å². The lowest BCUT2D eigenvalue weighted by Gasteiger charge is -2.27. The van der Waals surface area contributed by atoms with Crippen LogP contribution in [0.1, 0.15) is 39.5 Å². The van der Waals surface area contributed by atoms with Gasteiger partial charge in [-0.05, 0) is 26.2 Å². The first kappa shape index (κ1) is 9.97. The zero-order valence-corrected chi connectivity index (χ0v) is 8.86. The van der Waals surface area contributed by atoms with E-state index >= 15 is 0 Å². The van der Waals surface area contributed by atoms with E-state index in [1.165, 1.54) is 0 Å². The van der Waals surface area contributed by atoms with Gasteiger partial charge in [0.2, 0.25) is 0 Å². The largest absolute Gasteiger partial charge is 0.462 e. The molecule has 2 bridgehead atoms. The second-order valence-corrected chi connectivity index (χ2v) is 4.37. The van der Waals surface area contributed by atoms with Gasteiger partial charge in [0.1, 0.15) is 6.10 Å². The van der Waals surface area contributed by atoms with Gasteiger partial charge in [-0.25, -0.2) is 0 Å². The second kappa shape index (κ2) is 3.89. The van der Waals surface area contributed by atoms with E-state index in [1.54, 1.807) is 0 Å². The molecule has 0 aromatic carbocycles. The van der Waals surface area contributed by atoms with Gasteiger partial charge in [-0.1, -0.05) is 6.92 Å². The summed E-state index contributed by atoms with van der Waals surface area (Å²) in [5.41, 5.74) is 0. The highest BCUT2D eigenvalue weighted by Gasteiger charge is 2.38. The van der Waals surface area contributed by atoms with Gasteiger partial charge in [-0.2, -0.15) is 0 Å². The van der Waals surface area contributed by atoms with E-state index in [9.17, 15) is 4.79 Å². The second-order valence-electron chi connectivity index (χ2n) is 4.37. The van der Waals surface area contributed by atoms with Gasteiger partial charge in [-0.15, -0.1) is 0 Å². The fraction of sp³-hybridized carbons (Fsp3) is 0.909. The third-order valence-corrected chi connectivity index (χ3v) is 3.33. The molecule has 0 saturated carbocycles. The van der Waals surface area contributed by atoms with Crippen molar-refractivity contribution in [3.63, 3.8) is 0 Å². The summed E-state index contributed by atoms with van der Waals surface area (Å²) in [6.07, 6.45) is 4.35. The van der Waals surface area contributed by atoms with E-state index in [0.29, 0.717) is 6.10 Å². The van der Waals surface area contributed by atoms with Crippen LogP contribution in [-0.2, 0) is 14.3 Å². The monoisotopic (exact) mass is 198 g/mol. The predicted octanol–water partition coefficient (Wildman–Crippen LogP) is 1.90. The summed E-state index contributed by atoms with van der Waals surface area (Å²) >= 11 is 0. The molecule has 4 atom stereocenters. The van der Waals surface area contributed by atoms with Crippen LogP contribution in [0.2, 0.25) is 0 Å². The summed E-state index contributed by atoms with van der Waals surface area (Å²) < 4.78 is 11.2. The highest BCUT2D eigenvalue weighted by molar-refractivity contribution is 5.73. The number of carbonyl (C=O) groups is 1. The number of fused-ring (bicyclic) bond motifs is 2. The molecule has 2 aliphatic rings. The maximum Gasteiger partial charge on any atom is 0.311 e. The van der Waals surface area contributed by atoms with Crippen LogP contribution < -0.4 is 0 Å². The molecule has 0 radical (unpaired) electrons. The summed E-state index contributed by atoms with van der Waals surface area (Å²) in [4.78, 5) is 11.6. The maximum atomic E-state index is 11.6.